The fraction of sp³-hybridized carbons (Fsp3) is 0.227. The molecule has 0 spiro atoms. The van der Waals surface area contributed by atoms with Crippen LogP contribution in [0.25, 0.3) is 0 Å². The summed E-state index contributed by atoms with van der Waals surface area (Å²) in [5.41, 5.74) is 0.484. The average Bonchev–Trinajstić information content (AvgIpc) is 4.02. The zero-order chi connectivity index (χ0) is 46.3. The topological polar surface area (TPSA) is 174 Å². The standard InChI is InChI=1S/C22H18Cl2N4O3S.C16H13Cl3N4O3.C6H6S/c23-16-10-9-15(20(24)22(16)31-12-11-28-13-25-26-27-28)21(30)19-17(29)7-4-8-18(19)32-14-5-2-1-3-6-14;17-10-2-1-3-12(24)13(10)15(25)9-4-5-11(18)16(14(9)19)26-7-6-23-8-20-21-22-23;7-6-4-2-1-3-5-6/h1-3,5-6,9-10,13H,4,7-8,11-12H2;4-5,8H,1-3,6-7H2;1-5,7H. The molecule has 6 aromatic rings. The number of carbonyl (C=O) groups excluding carboxylic acids is 4. The van der Waals surface area contributed by atoms with Crippen molar-refractivity contribution in [3.63, 3.8) is 0 Å². The van der Waals surface area contributed by atoms with E-state index >= 15 is 0 Å². The van der Waals surface area contributed by atoms with Crippen molar-refractivity contribution in [2.45, 2.75) is 61.4 Å². The number of ether oxygens (including phenoxy) is 2. The molecular weight excluding hydrogens is 978 g/mol. The van der Waals surface area contributed by atoms with Crippen LogP contribution in [0.15, 0.2) is 128 Å². The van der Waals surface area contributed by atoms with E-state index in [1.54, 1.807) is 6.07 Å². The molecule has 2 aliphatic rings. The molecule has 0 atom stereocenters. The first-order chi connectivity index (χ1) is 31.4. The van der Waals surface area contributed by atoms with Crippen LogP contribution in [0.1, 0.15) is 59.2 Å². The van der Waals surface area contributed by atoms with Crippen LogP contribution in [0.3, 0.4) is 0 Å². The number of thioether (sulfide) groups is 1. The lowest BCUT2D eigenvalue weighted by atomic mass is 9.91. The normalized spacial score (nSPS) is 13.7. The number of tetrazole rings is 2. The predicted molar refractivity (Wildman–Crippen MR) is 252 cm³/mol. The third-order valence-corrected chi connectivity index (χ3v) is 12.6. The van der Waals surface area contributed by atoms with Crippen LogP contribution in [0.5, 0.6) is 11.5 Å². The van der Waals surface area contributed by atoms with Crippen molar-refractivity contribution in [2.24, 2.45) is 0 Å². The second kappa shape index (κ2) is 24.5. The van der Waals surface area contributed by atoms with Crippen LogP contribution in [-0.4, -0.2) is 76.8 Å². The van der Waals surface area contributed by atoms with Gasteiger partial charge in [0.15, 0.2) is 34.6 Å². The molecule has 0 bridgehead atoms. The number of hydrogen-bond donors (Lipinski definition) is 1. The molecule has 0 unspecified atom stereocenters. The summed E-state index contributed by atoms with van der Waals surface area (Å²) in [5, 5.41) is 22.5. The van der Waals surface area contributed by atoms with E-state index in [1.165, 1.54) is 52.0 Å². The summed E-state index contributed by atoms with van der Waals surface area (Å²) in [6.45, 7) is 1.12. The van der Waals surface area contributed by atoms with Gasteiger partial charge in [0.25, 0.3) is 0 Å². The van der Waals surface area contributed by atoms with Crippen LogP contribution in [0.4, 0.5) is 0 Å². The molecule has 336 valence electrons. The van der Waals surface area contributed by atoms with Crippen LogP contribution in [0.2, 0.25) is 20.1 Å². The minimum Gasteiger partial charge on any atom is -0.488 e. The van der Waals surface area contributed by atoms with Gasteiger partial charge < -0.3 is 9.47 Å². The van der Waals surface area contributed by atoms with E-state index in [-0.39, 0.29) is 90.1 Å². The summed E-state index contributed by atoms with van der Waals surface area (Å²) >= 11 is 36.9. The lowest BCUT2D eigenvalue weighted by Crippen LogP contribution is -2.19. The van der Waals surface area contributed by atoms with E-state index in [0.29, 0.717) is 45.2 Å². The van der Waals surface area contributed by atoms with Gasteiger partial charge in [-0.2, -0.15) is 0 Å². The van der Waals surface area contributed by atoms with Crippen LogP contribution < -0.4 is 9.47 Å². The van der Waals surface area contributed by atoms with Gasteiger partial charge in [-0.25, -0.2) is 9.36 Å². The molecule has 0 radical (unpaired) electrons. The molecule has 0 aliphatic heterocycles. The summed E-state index contributed by atoms with van der Waals surface area (Å²) in [4.78, 5) is 53.8. The lowest BCUT2D eigenvalue weighted by molar-refractivity contribution is -0.116. The van der Waals surface area contributed by atoms with Gasteiger partial charge in [0.05, 0.1) is 44.3 Å². The summed E-state index contributed by atoms with van der Waals surface area (Å²) < 4.78 is 14.3. The number of allylic oxidation sites excluding steroid dienone is 4. The van der Waals surface area contributed by atoms with Crippen LogP contribution in [0, 0.1) is 0 Å². The maximum atomic E-state index is 13.4. The highest BCUT2D eigenvalue weighted by molar-refractivity contribution is 8.03. The molecule has 2 heterocycles. The molecule has 0 fully saturated rings. The number of hydrogen-bond acceptors (Lipinski definition) is 14. The van der Waals surface area contributed by atoms with Gasteiger partial charge in [-0.3, -0.25) is 19.2 Å². The second-order valence-electron chi connectivity index (χ2n) is 13.9. The first-order valence-corrected chi connectivity index (χ1v) is 23.0. The number of benzene rings is 4. The minimum absolute atomic E-state index is 0.0122. The average molecular weight is 1020 g/mol. The molecule has 0 saturated carbocycles. The first kappa shape index (κ1) is 49.4. The van der Waals surface area contributed by atoms with Gasteiger partial charge in [-0.1, -0.05) is 106 Å². The van der Waals surface area contributed by atoms with Gasteiger partial charge >= 0.3 is 0 Å². The molecule has 0 saturated heterocycles. The molecule has 21 heteroatoms. The lowest BCUT2D eigenvalue weighted by Gasteiger charge is -2.19. The summed E-state index contributed by atoms with van der Waals surface area (Å²) in [5.74, 6) is -1.04. The van der Waals surface area contributed by atoms with Gasteiger partial charge in [-0.15, -0.1) is 22.8 Å². The maximum absolute atomic E-state index is 13.4. The quantitative estimate of drug-likeness (QED) is 0.0621. The van der Waals surface area contributed by atoms with Crippen LogP contribution in [-0.2, 0) is 22.7 Å². The van der Waals surface area contributed by atoms with E-state index in [9.17, 15) is 19.2 Å². The molecule has 0 amide bonds. The number of Topliss-reactive ketones (excluding diaryl/α,β-unsaturated/α-hetero) is 4. The van der Waals surface area contributed by atoms with E-state index in [1.807, 2.05) is 60.7 Å². The molecule has 0 N–H and O–H groups in total. The van der Waals surface area contributed by atoms with Gasteiger partial charge in [-0.05, 0) is 95.1 Å². The number of thiol groups is 1. The zero-order valence-electron chi connectivity index (χ0n) is 34.1. The number of ketones is 4. The Balaban J connectivity index is 0.000000190. The van der Waals surface area contributed by atoms with Crippen molar-refractivity contribution in [2.75, 3.05) is 13.2 Å². The number of carbonyl (C=O) groups is 4. The fourth-order valence-electron chi connectivity index (χ4n) is 6.28. The van der Waals surface area contributed by atoms with Crippen molar-refractivity contribution in [1.29, 1.82) is 0 Å². The highest BCUT2D eigenvalue weighted by Gasteiger charge is 2.31. The third-order valence-electron chi connectivity index (χ3n) is 9.41. The SMILES string of the molecule is O=C1CCCC(Cl)=C1C(=O)c1ccc(Cl)c(OCCn2cnnn2)c1Cl.O=C1CCCC(Sc2ccccc2)=C1C(=O)c1ccc(Cl)c(OCCn2cnnn2)c1Cl.Sc1ccccc1. The Bertz CT molecular complexity index is 2690. The van der Waals surface area contributed by atoms with Crippen molar-refractivity contribution < 1.29 is 28.7 Å². The second-order valence-corrected chi connectivity index (χ2v) is 17.6. The predicted octanol–water partition coefficient (Wildman–Crippen LogP) is 10.5. The van der Waals surface area contributed by atoms with E-state index in [2.05, 4.69) is 43.7 Å². The largest absolute Gasteiger partial charge is 0.488 e. The Morgan fingerprint density at radius 2 is 1.09 bits per heavy atom. The molecule has 4 aromatic carbocycles. The monoisotopic (exact) mass is 1010 g/mol. The number of aromatic nitrogens is 8. The van der Waals surface area contributed by atoms with Crippen LogP contribution >= 0.6 is 82.4 Å². The molecule has 14 nitrogen and oxygen atoms in total. The van der Waals surface area contributed by atoms with Crippen molar-refractivity contribution in [3.8, 4) is 11.5 Å². The Morgan fingerprint density at radius 3 is 1.55 bits per heavy atom. The molecule has 2 aliphatic carbocycles. The minimum atomic E-state index is -0.522. The summed E-state index contributed by atoms with van der Waals surface area (Å²) in [7, 11) is 0. The number of rotatable bonds is 14. The van der Waals surface area contributed by atoms with Crippen molar-refractivity contribution in [3.05, 3.63) is 150 Å². The van der Waals surface area contributed by atoms with Crippen molar-refractivity contribution in [1.82, 2.24) is 40.4 Å². The fourth-order valence-corrected chi connectivity index (χ4v) is 9.04. The molecule has 2 aromatic heterocycles. The number of halogens is 5. The Labute approximate surface area is 408 Å². The Morgan fingerprint density at radius 1 is 0.615 bits per heavy atom. The molecular formula is C44H37Cl5N8O6S2. The van der Waals surface area contributed by atoms with Gasteiger partial charge in [0.1, 0.15) is 25.9 Å². The Kier molecular flexibility index (Phi) is 18.6. The molecule has 8 rings (SSSR count). The highest BCUT2D eigenvalue weighted by Crippen LogP contribution is 2.42. The van der Waals surface area contributed by atoms with Crippen molar-refractivity contribution >= 4 is 106 Å². The Hall–Kier alpha value is -5.07. The number of nitrogens with zero attached hydrogens (tertiary/aromatic N) is 8. The first-order valence-electron chi connectivity index (χ1n) is 19.8. The highest BCUT2D eigenvalue weighted by atomic mass is 35.5. The third kappa shape index (κ3) is 13.5. The zero-order valence-corrected chi connectivity index (χ0v) is 39.6. The smallest absolute Gasteiger partial charge is 0.199 e. The molecule has 65 heavy (non-hydrogen) atoms. The van der Waals surface area contributed by atoms with E-state index in [4.69, 9.17) is 67.5 Å². The maximum Gasteiger partial charge on any atom is 0.199 e. The van der Waals surface area contributed by atoms with Gasteiger partial charge in [0, 0.05) is 43.7 Å². The van der Waals surface area contributed by atoms with Gasteiger partial charge in [0.2, 0.25) is 0 Å². The summed E-state index contributed by atoms with van der Waals surface area (Å²) in [6.07, 6.45) is 6.02. The van der Waals surface area contributed by atoms with E-state index in [0.717, 1.165) is 14.7 Å². The van der Waals surface area contributed by atoms with E-state index < -0.39 is 11.6 Å². The summed E-state index contributed by atoms with van der Waals surface area (Å²) in [6, 6.07) is 25.5.